The number of carbonyl (C=O) groups excluding carboxylic acids is 1. The molecule has 0 rings (SSSR count). The van der Waals surface area contributed by atoms with Crippen molar-refractivity contribution in [2.45, 2.75) is 26.7 Å². The molecule has 0 heterocycles. The van der Waals surface area contributed by atoms with Crippen molar-refractivity contribution in [3.05, 3.63) is 0 Å². The summed E-state index contributed by atoms with van der Waals surface area (Å²) in [5, 5.41) is 6.90. The highest BCUT2D eigenvalue weighted by Gasteiger charge is 2.13. The van der Waals surface area contributed by atoms with E-state index in [0.29, 0.717) is 13.0 Å². The molecule has 0 aliphatic rings. The maximum Gasteiger partial charge on any atom is 0.314 e. The monoisotopic (exact) mass is 157 g/mol. The molecule has 0 radical (unpaired) electrons. The summed E-state index contributed by atoms with van der Waals surface area (Å²) in [6, 6.07) is 0. The van der Waals surface area contributed by atoms with Crippen molar-refractivity contribution >= 4 is 12.2 Å². The van der Waals surface area contributed by atoms with Crippen LogP contribution in [0.2, 0.25) is 0 Å². The molecule has 0 saturated heterocycles. The third-order valence-corrected chi connectivity index (χ3v) is 1.39. The number of hydrogen-bond donors (Lipinski definition) is 1. The fourth-order valence-electron chi connectivity index (χ4n) is 0.662. The van der Waals surface area contributed by atoms with E-state index in [0.717, 1.165) is 12.6 Å². The standard InChI is InChI=1S/C8H15NO2/c1-3-5-11-8(10)7(4-2)6-9/h6-7,9H,3-5H2,1-2H3/t7-/m0/s1. The van der Waals surface area contributed by atoms with Gasteiger partial charge in [0.15, 0.2) is 0 Å². The minimum atomic E-state index is -0.346. The summed E-state index contributed by atoms with van der Waals surface area (Å²) in [6.07, 6.45) is 2.62. The van der Waals surface area contributed by atoms with E-state index in [4.69, 9.17) is 10.1 Å². The largest absolute Gasteiger partial charge is 0.465 e. The molecule has 0 amide bonds. The number of esters is 1. The van der Waals surface area contributed by atoms with Crippen LogP contribution in [0.5, 0.6) is 0 Å². The Balaban J connectivity index is 3.69. The van der Waals surface area contributed by atoms with Crippen LogP contribution in [0.1, 0.15) is 26.7 Å². The summed E-state index contributed by atoms with van der Waals surface area (Å²) >= 11 is 0. The Labute approximate surface area is 67.3 Å². The van der Waals surface area contributed by atoms with Crippen LogP contribution in [-0.2, 0) is 9.53 Å². The number of carbonyl (C=O) groups is 1. The highest BCUT2D eigenvalue weighted by molar-refractivity contribution is 5.88. The Morgan fingerprint density at radius 3 is 2.64 bits per heavy atom. The molecule has 0 fully saturated rings. The zero-order chi connectivity index (χ0) is 8.69. The van der Waals surface area contributed by atoms with Gasteiger partial charge >= 0.3 is 5.97 Å². The summed E-state index contributed by atoms with van der Waals surface area (Å²) in [4.78, 5) is 11.0. The molecule has 0 aromatic rings. The lowest BCUT2D eigenvalue weighted by Gasteiger charge is -2.07. The van der Waals surface area contributed by atoms with Crippen molar-refractivity contribution < 1.29 is 9.53 Å². The molecule has 3 nitrogen and oxygen atoms in total. The predicted octanol–water partition coefficient (Wildman–Crippen LogP) is 1.62. The Bertz CT molecular complexity index is 134. The van der Waals surface area contributed by atoms with Crippen molar-refractivity contribution in [1.29, 1.82) is 5.41 Å². The zero-order valence-corrected chi connectivity index (χ0v) is 7.09. The van der Waals surface area contributed by atoms with E-state index in [2.05, 4.69) is 0 Å². The first-order valence-corrected chi connectivity index (χ1v) is 3.93. The lowest BCUT2D eigenvalue weighted by molar-refractivity contribution is -0.146. The molecule has 1 N–H and O–H groups in total. The molecule has 3 heteroatoms. The van der Waals surface area contributed by atoms with Gasteiger partial charge < -0.3 is 10.1 Å². The van der Waals surface area contributed by atoms with Gasteiger partial charge in [-0.15, -0.1) is 0 Å². The number of rotatable bonds is 5. The van der Waals surface area contributed by atoms with E-state index in [1.807, 2.05) is 13.8 Å². The van der Waals surface area contributed by atoms with Gasteiger partial charge in [0.25, 0.3) is 0 Å². The molecule has 11 heavy (non-hydrogen) atoms. The molecule has 0 aromatic heterocycles. The number of ether oxygens (including phenoxy) is 1. The Hall–Kier alpha value is -0.860. The molecule has 0 aliphatic carbocycles. The van der Waals surface area contributed by atoms with Crippen molar-refractivity contribution in [2.75, 3.05) is 6.61 Å². The van der Waals surface area contributed by atoms with Crippen LogP contribution in [0.3, 0.4) is 0 Å². The van der Waals surface area contributed by atoms with Crippen molar-refractivity contribution in [3.63, 3.8) is 0 Å². The van der Waals surface area contributed by atoms with Crippen LogP contribution >= 0.6 is 0 Å². The third kappa shape index (κ3) is 3.75. The highest BCUT2D eigenvalue weighted by atomic mass is 16.5. The fraction of sp³-hybridized carbons (Fsp3) is 0.750. The fourth-order valence-corrected chi connectivity index (χ4v) is 0.662. The maximum atomic E-state index is 11.0. The third-order valence-electron chi connectivity index (χ3n) is 1.39. The minimum absolute atomic E-state index is 0.274. The van der Waals surface area contributed by atoms with E-state index in [9.17, 15) is 4.79 Å². The topological polar surface area (TPSA) is 50.2 Å². The van der Waals surface area contributed by atoms with E-state index >= 15 is 0 Å². The molecule has 0 bridgehead atoms. The maximum absolute atomic E-state index is 11.0. The second-order valence-electron chi connectivity index (χ2n) is 2.35. The Morgan fingerprint density at radius 1 is 1.64 bits per heavy atom. The van der Waals surface area contributed by atoms with Crippen molar-refractivity contribution in [1.82, 2.24) is 0 Å². The van der Waals surface area contributed by atoms with Gasteiger partial charge in [0.2, 0.25) is 0 Å². The predicted molar refractivity (Wildman–Crippen MR) is 43.8 cm³/mol. The molecule has 1 atom stereocenters. The first-order valence-electron chi connectivity index (χ1n) is 3.93. The van der Waals surface area contributed by atoms with E-state index in [1.54, 1.807) is 0 Å². The number of hydrogen-bond acceptors (Lipinski definition) is 3. The molecule has 0 spiro atoms. The highest BCUT2D eigenvalue weighted by Crippen LogP contribution is 2.01. The van der Waals surface area contributed by atoms with Gasteiger partial charge in [-0.1, -0.05) is 13.8 Å². The summed E-state index contributed by atoms with van der Waals surface area (Å²) in [5.41, 5.74) is 0. The van der Waals surface area contributed by atoms with Crippen LogP contribution in [0.4, 0.5) is 0 Å². The van der Waals surface area contributed by atoms with Crippen LogP contribution in [0.25, 0.3) is 0 Å². The number of nitrogens with one attached hydrogen (secondary N) is 1. The lowest BCUT2D eigenvalue weighted by Crippen LogP contribution is -2.18. The summed E-state index contributed by atoms with van der Waals surface area (Å²) in [5.74, 6) is -0.620. The lowest BCUT2D eigenvalue weighted by atomic mass is 10.1. The van der Waals surface area contributed by atoms with Crippen LogP contribution in [0.15, 0.2) is 0 Å². The molecule has 64 valence electrons. The summed E-state index contributed by atoms with van der Waals surface area (Å²) in [7, 11) is 0. The first kappa shape index (κ1) is 10.1. The van der Waals surface area contributed by atoms with Gasteiger partial charge in [-0.3, -0.25) is 4.79 Å². The van der Waals surface area contributed by atoms with Gasteiger partial charge in [0, 0.05) is 6.21 Å². The molecule has 0 unspecified atom stereocenters. The SMILES string of the molecule is CCCOC(=O)[C@H](C=N)CC. The van der Waals surface area contributed by atoms with Gasteiger partial charge in [-0.25, -0.2) is 0 Å². The van der Waals surface area contributed by atoms with Crippen LogP contribution in [0, 0.1) is 11.3 Å². The van der Waals surface area contributed by atoms with Crippen molar-refractivity contribution in [3.8, 4) is 0 Å². The van der Waals surface area contributed by atoms with Gasteiger partial charge in [-0.2, -0.15) is 0 Å². The molecular weight excluding hydrogens is 142 g/mol. The minimum Gasteiger partial charge on any atom is -0.465 e. The Morgan fingerprint density at radius 2 is 2.27 bits per heavy atom. The van der Waals surface area contributed by atoms with Gasteiger partial charge in [0.1, 0.15) is 0 Å². The molecule has 0 saturated carbocycles. The second-order valence-corrected chi connectivity index (χ2v) is 2.35. The van der Waals surface area contributed by atoms with Gasteiger partial charge in [0.05, 0.1) is 12.5 Å². The van der Waals surface area contributed by atoms with Crippen LogP contribution < -0.4 is 0 Å². The summed E-state index contributed by atoms with van der Waals surface area (Å²) in [6.45, 7) is 4.27. The molecule has 0 aliphatic heterocycles. The van der Waals surface area contributed by atoms with E-state index < -0.39 is 0 Å². The molecular formula is C8H15NO2. The summed E-state index contributed by atoms with van der Waals surface area (Å²) < 4.78 is 4.84. The smallest absolute Gasteiger partial charge is 0.314 e. The van der Waals surface area contributed by atoms with E-state index in [1.165, 1.54) is 0 Å². The first-order chi connectivity index (χ1) is 5.26. The van der Waals surface area contributed by atoms with Gasteiger partial charge in [-0.05, 0) is 12.8 Å². The van der Waals surface area contributed by atoms with Crippen LogP contribution in [-0.4, -0.2) is 18.8 Å². The quantitative estimate of drug-likeness (QED) is 0.487. The molecule has 0 aromatic carbocycles. The average molecular weight is 157 g/mol. The van der Waals surface area contributed by atoms with Crippen molar-refractivity contribution in [2.24, 2.45) is 5.92 Å². The normalized spacial score (nSPS) is 12.2. The zero-order valence-electron chi connectivity index (χ0n) is 7.09. The Kier molecular flexibility index (Phi) is 5.43. The average Bonchev–Trinajstić information content (AvgIpc) is 2.03. The van der Waals surface area contributed by atoms with E-state index in [-0.39, 0.29) is 11.9 Å². The second kappa shape index (κ2) is 5.89.